The molecule has 0 fully saturated rings. The second-order valence-electron chi connectivity index (χ2n) is 5.98. The Labute approximate surface area is 165 Å². The molecule has 8 heteroatoms. The lowest BCUT2D eigenvalue weighted by Crippen LogP contribution is -2.06. The number of aromatic nitrogens is 3. The van der Waals surface area contributed by atoms with Crippen LogP contribution in [0.15, 0.2) is 53.7 Å². The summed E-state index contributed by atoms with van der Waals surface area (Å²) in [4.78, 5) is 12.4. The molecule has 0 unspecified atom stereocenters. The van der Waals surface area contributed by atoms with Gasteiger partial charge in [-0.3, -0.25) is 4.79 Å². The first-order valence-electron chi connectivity index (χ1n) is 8.69. The van der Waals surface area contributed by atoms with Crippen LogP contribution in [0.25, 0.3) is 11.4 Å². The number of aryl methyl sites for hydroxylation is 1. The molecule has 0 aliphatic heterocycles. The molecule has 0 aliphatic rings. The fourth-order valence-electron chi connectivity index (χ4n) is 2.74. The minimum atomic E-state index is -2.89. The zero-order valence-electron chi connectivity index (χ0n) is 15.4. The molecule has 0 radical (unpaired) electrons. The topological polar surface area (TPSA) is 57.0 Å². The lowest BCUT2D eigenvalue weighted by atomic mass is 10.1. The summed E-state index contributed by atoms with van der Waals surface area (Å²) in [5, 5.41) is 9.20. The van der Waals surface area contributed by atoms with Gasteiger partial charge in [-0.05, 0) is 43.7 Å². The van der Waals surface area contributed by atoms with E-state index >= 15 is 0 Å². The Morgan fingerprint density at radius 1 is 1.14 bits per heavy atom. The summed E-state index contributed by atoms with van der Waals surface area (Å²) in [6, 6.07) is 13.6. The van der Waals surface area contributed by atoms with Crippen LogP contribution in [0.5, 0.6) is 5.75 Å². The molecule has 146 valence electrons. The van der Waals surface area contributed by atoms with E-state index in [1.807, 2.05) is 42.7 Å². The van der Waals surface area contributed by atoms with Gasteiger partial charge in [0.15, 0.2) is 16.8 Å². The normalized spacial score (nSPS) is 11.0. The van der Waals surface area contributed by atoms with Gasteiger partial charge >= 0.3 is 6.61 Å². The van der Waals surface area contributed by atoms with Crippen molar-refractivity contribution in [2.45, 2.75) is 32.2 Å². The van der Waals surface area contributed by atoms with E-state index in [0.717, 1.165) is 17.0 Å². The van der Waals surface area contributed by atoms with Gasteiger partial charge in [-0.25, -0.2) is 0 Å². The summed E-state index contributed by atoms with van der Waals surface area (Å²) in [7, 11) is 0. The zero-order chi connectivity index (χ0) is 20.1. The third-order valence-corrected chi connectivity index (χ3v) is 5.12. The molecule has 5 nitrogen and oxygen atoms in total. The molecule has 1 heterocycles. The van der Waals surface area contributed by atoms with Crippen molar-refractivity contribution in [2.24, 2.45) is 0 Å². The number of hydrogen-bond donors (Lipinski definition) is 0. The molecule has 0 atom stereocenters. The van der Waals surface area contributed by atoms with Gasteiger partial charge in [0, 0.05) is 17.7 Å². The highest BCUT2D eigenvalue weighted by Crippen LogP contribution is 2.26. The number of nitrogens with zero attached hydrogens (tertiary/aromatic N) is 3. The van der Waals surface area contributed by atoms with E-state index in [9.17, 15) is 13.6 Å². The summed E-state index contributed by atoms with van der Waals surface area (Å²) >= 11 is 1.30. The molecule has 2 aromatic carbocycles. The van der Waals surface area contributed by atoms with Gasteiger partial charge in [0.1, 0.15) is 5.75 Å². The highest BCUT2D eigenvalue weighted by atomic mass is 32.2. The molecular formula is C20H19F2N3O2S. The van der Waals surface area contributed by atoms with Crippen LogP contribution >= 0.6 is 11.8 Å². The molecule has 0 bridgehead atoms. The molecule has 0 saturated heterocycles. The van der Waals surface area contributed by atoms with Crippen LogP contribution in [0.4, 0.5) is 8.78 Å². The first kappa shape index (κ1) is 20.0. The number of thioether (sulfide) groups is 1. The quantitative estimate of drug-likeness (QED) is 0.398. The largest absolute Gasteiger partial charge is 0.435 e. The predicted octanol–water partition coefficient (Wildman–Crippen LogP) is 4.85. The van der Waals surface area contributed by atoms with Crippen LogP contribution in [-0.2, 0) is 6.54 Å². The summed E-state index contributed by atoms with van der Waals surface area (Å²) in [6.07, 6.45) is 0. The van der Waals surface area contributed by atoms with Crippen molar-refractivity contribution in [1.29, 1.82) is 0 Å². The Bertz CT molecular complexity index is 958. The van der Waals surface area contributed by atoms with E-state index in [4.69, 9.17) is 0 Å². The predicted molar refractivity (Wildman–Crippen MR) is 104 cm³/mol. The van der Waals surface area contributed by atoms with Crippen molar-refractivity contribution < 1.29 is 18.3 Å². The standard InChI is InChI=1S/C20H19F2N3O2S/c1-3-25-18(16-7-5-4-6-13(16)2)23-24-20(25)28-12-17(26)14-8-10-15(11-9-14)27-19(21)22/h4-11,19H,3,12H2,1-2H3. The Hall–Kier alpha value is -2.74. The Balaban J connectivity index is 1.71. The van der Waals surface area contributed by atoms with Crippen molar-refractivity contribution in [3.8, 4) is 17.1 Å². The van der Waals surface area contributed by atoms with Crippen LogP contribution in [0.3, 0.4) is 0 Å². The molecular weight excluding hydrogens is 384 g/mol. The lowest BCUT2D eigenvalue weighted by Gasteiger charge is -2.09. The van der Waals surface area contributed by atoms with Gasteiger partial charge in [-0.2, -0.15) is 8.78 Å². The lowest BCUT2D eigenvalue weighted by molar-refractivity contribution is -0.0498. The van der Waals surface area contributed by atoms with Gasteiger partial charge in [0.2, 0.25) is 0 Å². The van der Waals surface area contributed by atoms with Crippen LogP contribution in [0, 0.1) is 6.92 Å². The molecule has 3 rings (SSSR count). The van der Waals surface area contributed by atoms with Crippen LogP contribution in [0.1, 0.15) is 22.8 Å². The van der Waals surface area contributed by atoms with E-state index in [1.54, 1.807) is 0 Å². The van der Waals surface area contributed by atoms with Gasteiger partial charge in [0.05, 0.1) is 5.75 Å². The number of carbonyl (C=O) groups is 1. The second kappa shape index (κ2) is 8.97. The first-order chi connectivity index (χ1) is 13.5. The maximum absolute atomic E-state index is 12.4. The number of carbonyl (C=O) groups excluding carboxylic acids is 1. The number of Topliss-reactive ketones (excluding diaryl/α,β-unsaturated/α-hetero) is 1. The van der Waals surface area contributed by atoms with Gasteiger partial charge in [0.25, 0.3) is 0 Å². The van der Waals surface area contributed by atoms with Crippen LogP contribution < -0.4 is 4.74 Å². The maximum atomic E-state index is 12.4. The zero-order valence-corrected chi connectivity index (χ0v) is 16.2. The minimum absolute atomic E-state index is 0.0211. The van der Waals surface area contributed by atoms with Crippen LogP contribution in [-0.4, -0.2) is 32.9 Å². The van der Waals surface area contributed by atoms with Crippen LogP contribution in [0.2, 0.25) is 0 Å². The summed E-state index contributed by atoms with van der Waals surface area (Å²) in [5.41, 5.74) is 2.53. The van der Waals surface area contributed by atoms with Crippen molar-refractivity contribution >= 4 is 17.5 Å². The fourth-order valence-corrected chi connectivity index (χ4v) is 3.64. The molecule has 0 N–H and O–H groups in total. The number of alkyl halides is 2. The Kier molecular flexibility index (Phi) is 6.41. The van der Waals surface area contributed by atoms with Crippen molar-refractivity contribution in [3.05, 3.63) is 59.7 Å². The van der Waals surface area contributed by atoms with E-state index in [2.05, 4.69) is 14.9 Å². The monoisotopic (exact) mass is 403 g/mol. The molecule has 0 amide bonds. The summed E-state index contributed by atoms with van der Waals surface area (Å²) in [5.74, 6) is 0.828. The number of ketones is 1. The van der Waals surface area contributed by atoms with Gasteiger partial charge in [-0.15, -0.1) is 10.2 Å². The van der Waals surface area contributed by atoms with Gasteiger partial charge < -0.3 is 9.30 Å². The molecule has 3 aromatic rings. The van der Waals surface area contributed by atoms with Gasteiger partial charge in [-0.1, -0.05) is 36.0 Å². The molecule has 0 spiro atoms. The fraction of sp³-hybridized carbons (Fsp3) is 0.250. The first-order valence-corrected chi connectivity index (χ1v) is 9.68. The summed E-state index contributed by atoms with van der Waals surface area (Å²) < 4.78 is 30.7. The highest BCUT2D eigenvalue weighted by Gasteiger charge is 2.16. The molecule has 0 saturated carbocycles. The number of rotatable bonds is 8. The number of benzene rings is 2. The third-order valence-electron chi connectivity index (χ3n) is 4.15. The molecule has 0 aliphatic carbocycles. The van der Waals surface area contributed by atoms with E-state index in [-0.39, 0.29) is 17.3 Å². The van der Waals surface area contributed by atoms with Crippen molar-refractivity contribution in [2.75, 3.05) is 5.75 Å². The van der Waals surface area contributed by atoms with Crippen molar-refractivity contribution in [3.63, 3.8) is 0 Å². The van der Waals surface area contributed by atoms with E-state index in [1.165, 1.54) is 36.0 Å². The van der Waals surface area contributed by atoms with E-state index < -0.39 is 6.61 Å². The highest BCUT2D eigenvalue weighted by molar-refractivity contribution is 7.99. The van der Waals surface area contributed by atoms with Crippen molar-refractivity contribution in [1.82, 2.24) is 14.8 Å². The maximum Gasteiger partial charge on any atom is 0.387 e. The Morgan fingerprint density at radius 3 is 2.50 bits per heavy atom. The number of ether oxygens (including phenoxy) is 1. The third kappa shape index (κ3) is 4.56. The summed E-state index contributed by atoms with van der Waals surface area (Å²) in [6.45, 7) is 1.80. The number of halogens is 2. The minimum Gasteiger partial charge on any atom is -0.435 e. The second-order valence-corrected chi connectivity index (χ2v) is 6.92. The average molecular weight is 403 g/mol. The number of hydrogen-bond acceptors (Lipinski definition) is 5. The molecule has 28 heavy (non-hydrogen) atoms. The Morgan fingerprint density at radius 2 is 1.86 bits per heavy atom. The average Bonchev–Trinajstić information content (AvgIpc) is 3.09. The van der Waals surface area contributed by atoms with E-state index in [0.29, 0.717) is 17.3 Å². The smallest absolute Gasteiger partial charge is 0.387 e. The SMILES string of the molecule is CCn1c(SCC(=O)c2ccc(OC(F)F)cc2)nnc1-c1ccccc1C. The molecule has 1 aromatic heterocycles.